The van der Waals surface area contributed by atoms with Crippen LogP contribution in [0.25, 0.3) is 0 Å². The molecule has 2 heteroatoms. The molecule has 1 aromatic carbocycles. The van der Waals surface area contributed by atoms with Gasteiger partial charge in [0.1, 0.15) is 5.82 Å². The van der Waals surface area contributed by atoms with E-state index in [1.54, 1.807) is 6.07 Å². The van der Waals surface area contributed by atoms with Crippen molar-refractivity contribution in [2.24, 2.45) is 17.6 Å². The Morgan fingerprint density at radius 3 is 2.35 bits per heavy atom. The Bertz CT molecular complexity index is 378. The lowest BCUT2D eigenvalue weighted by Crippen LogP contribution is -2.41. The van der Waals surface area contributed by atoms with Gasteiger partial charge in [0, 0.05) is 11.1 Å². The molecule has 0 heterocycles. The lowest BCUT2D eigenvalue weighted by Gasteiger charge is -2.39. The van der Waals surface area contributed by atoms with Crippen LogP contribution in [-0.2, 0) is 5.54 Å². The van der Waals surface area contributed by atoms with Crippen LogP contribution in [0.2, 0.25) is 0 Å². The fourth-order valence-electron chi connectivity index (χ4n) is 2.96. The molecule has 1 aliphatic rings. The highest BCUT2D eigenvalue weighted by molar-refractivity contribution is 5.26. The van der Waals surface area contributed by atoms with E-state index in [0.717, 1.165) is 31.6 Å². The summed E-state index contributed by atoms with van der Waals surface area (Å²) < 4.78 is 13.8. The van der Waals surface area contributed by atoms with E-state index in [2.05, 4.69) is 13.8 Å². The molecule has 1 aliphatic carbocycles. The van der Waals surface area contributed by atoms with Crippen LogP contribution in [-0.4, -0.2) is 0 Å². The van der Waals surface area contributed by atoms with Crippen LogP contribution in [0.1, 0.15) is 45.1 Å². The fraction of sp³-hybridized carbons (Fsp3) is 0.600. The Labute approximate surface area is 103 Å². The first kappa shape index (κ1) is 12.6. The Balaban J connectivity index is 2.15. The number of hydrogen-bond donors (Lipinski definition) is 1. The topological polar surface area (TPSA) is 26.0 Å². The molecule has 0 unspecified atom stereocenters. The minimum absolute atomic E-state index is 0.155. The minimum Gasteiger partial charge on any atom is -0.321 e. The van der Waals surface area contributed by atoms with Gasteiger partial charge in [-0.25, -0.2) is 4.39 Å². The molecule has 1 nitrogen and oxygen atoms in total. The second-order valence-electron chi connectivity index (χ2n) is 5.72. The van der Waals surface area contributed by atoms with Gasteiger partial charge in [0.05, 0.1) is 0 Å². The van der Waals surface area contributed by atoms with Crippen molar-refractivity contribution in [3.63, 3.8) is 0 Å². The van der Waals surface area contributed by atoms with Crippen molar-refractivity contribution in [1.82, 2.24) is 0 Å². The van der Waals surface area contributed by atoms with E-state index in [-0.39, 0.29) is 5.82 Å². The summed E-state index contributed by atoms with van der Waals surface area (Å²) in [5.41, 5.74) is 6.65. The van der Waals surface area contributed by atoms with Gasteiger partial charge in [-0.05, 0) is 43.6 Å². The second-order valence-corrected chi connectivity index (χ2v) is 5.72. The molecular formula is C15H22FN. The molecule has 0 bridgehead atoms. The van der Waals surface area contributed by atoms with Gasteiger partial charge in [-0.3, -0.25) is 0 Å². The summed E-state index contributed by atoms with van der Waals surface area (Å²) >= 11 is 0. The van der Waals surface area contributed by atoms with Gasteiger partial charge in [0.2, 0.25) is 0 Å². The van der Waals surface area contributed by atoms with Crippen molar-refractivity contribution < 1.29 is 4.39 Å². The molecule has 0 atom stereocenters. The Hall–Kier alpha value is -0.890. The molecule has 94 valence electrons. The van der Waals surface area contributed by atoms with Gasteiger partial charge in [0.25, 0.3) is 0 Å². The van der Waals surface area contributed by atoms with E-state index < -0.39 is 5.54 Å². The van der Waals surface area contributed by atoms with E-state index >= 15 is 0 Å². The average molecular weight is 235 g/mol. The standard InChI is InChI=1S/C15H22FN/c1-11(2)12-7-9-15(17,10-8-12)13-5-3-4-6-14(13)16/h3-6,11-12H,7-10,17H2,1-2H3. The maximum atomic E-state index is 13.8. The summed E-state index contributed by atoms with van der Waals surface area (Å²) in [6.45, 7) is 4.52. The normalized spacial score (nSPS) is 29.6. The van der Waals surface area contributed by atoms with Gasteiger partial charge in [-0.15, -0.1) is 0 Å². The zero-order valence-electron chi connectivity index (χ0n) is 10.7. The van der Waals surface area contributed by atoms with Crippen LogP contribution in [0.15, 0.2) is 24.3 Å². The van der Waals surface area contributed by atoms with Gasteiger partial charge in [-0.2, -0.15) is 0 Å². The van der Waals surface area contributed by atoms with E-state index in [4.69, 9.17) is 5.73 Å². The number of hydrogen-bond acceptors (Lipinski definition) is 1. The first-order valence-electron chi connectivity index (χ1n) is 6.57. The van der Waals surface area contributed by atoms with E-state index in [1.165, 1.54) is 6.07 Å². The Morgan fingerprint density at radius 2 is 1.82 bits per heavy atom. The van der Waals surface area contributed by atoms with Crippen LogP contribution in [0, 0.1) is 17.7 Å². The maximum absolute atomic E-state index is 13.8. The van der Waals surface area contributed by atoms with Crippen LogP contribution in [0.5, 0.6) is 0 Å². The zero-order chi connectivity index (χ0) is 12.5. The largest absolute Gasteiger partial charge is 0.321 e. The first-order chi connectivity index (χ1) is 8.03. The highest BCUT2D eigenvalue weighted by Gasteiger charge is 2.35. The van der Waals surface area contributed by atoms with Gasteiger partial charge < -0.3 is 5.73 Å². The monoisotopic (exact) mass is 235 g/mol. The summed E-state index contributed by atoms with van der Waals surface area (Å²) in [5.74, 6) is 1.30. The molecule has 0 aliphatic heterocycles. The van der Waals surface area contributed by atoms with Crippen molar-refractivity contribution in [2.75, 3.05) is 0 Å². The third-order valence-electron chi connectivity index (χ3n) is 4.28. The second kappa shape index (κ2) is 4.77. The van der Waals surface area contributed by atoms with Crippen molar-refractivity contribution >= 4 is 0 Å². The van der Waals surface area contributed by atoms with E-state index in [0.29, 0.717) is 11.5 Å². The quantitative estimate of drug-likeness (QED) is 0.828. The summed E-state index contributed by atoms with van der Waals surface area (Å²) in [6.07, 6.45) is 4.03. The summed E-state index contributed by atoms with van der Waals surface area (Å²) in [6, 6.07) is 6.95. The smallest absolute Gasteiger partial charge is 0.128 e. The lowest BCUT2D eigenvalue weighted by molar-refractivity contribution is 0.192. The predicted octanol–water partition coefficient (Wildman–Crippen LogP) is 3.83. The summed E-state index contributed by atoms with van der Waals surface area (Å²) in [5, 5.41) is 0. The number of nitrogens with two attached hydrogens (primary N) is 1. The summed E-state index contributed by atoms with van der Waals surface area (Å²) in [4.78, 5) is 0. The number of benzene rings is 1. The molecule has 1 saturated carbocycles. The molecule has 0 aromatic heterocycles. The lowest BCUT2D eigenvalue weighted by atomic mass is 9.70. The Kier molecular flexibility index (Phi) is 3.53. The van der Waals surface area contributed by atoms with Gasteiger partial charge in [-0.1, -0.05) is 32.0 Å². The van der Waals surface area contributed by atoms with Gasteiger partial charge in [0.15, 0.2) is 0 Å². The highest BCUT2D eigenvalue weighted by Crippen LogP contribution is 2.40. The predicted molar refractivity (Wildman–Crippen MR) is 69.1 cm³/mol. The molecule has 1 fully saturated rings. The van der Waals surface area contributed by atoms with Crippen LogP contribution < -0.4 is 5.73 Å². The van der Waals surface area contributed by atoms with Crippen molar-refractivity contribution in [2.45, 2.75) is 45.1 Å². The third-order valence-corrected chi connectivity index (χ3v) is 4.28. The SMILES string of the molecule is CC(C)C1CCC(N)(c2ccccc2F)CC1. The summed E-state index contributed by atoms with van der Waals surface area (Å²) in [7, 11) is 0. The Morgan fingerprint density at radius 1 is 1.24 bits per heavy atom. The molecular weight excluding hydrogens is 213 g/mol. The number of rotatable bonds is 2. The average Bonchev–Trinajstić information content (AvgIpc) is 2.30. The van der Waals surface area contributed by atoms with Crippen LogP contribution in [0.4, 0.5) is 4.39 Å². The van der Waals surface area contributed by atoms with Crippen molar-refractivity contribution in [3.05, 3.63) is 35.6 Å². The highest BCUT2D eigenvalue weighted by atomic mass is 19.1. The first-order valence-corrected chi connectivity index (χ1v) is 6.57. The van der Waals surface area contributed by atoms with Crippen molar-refractivity contribution in [3.8, 4) is 0 Å². The maximum Gasteiger partial charge on any atom is 0.128 e. The van der Waals surface area contributed by atoms with Gasteiger partial charge >= 0.3 is 0 Å². The molecule has 0 saturated heterocycles. The molecule has 0 radical (unpaired) electrons. The number of halogens is 1. The molecule has 2 rings (SSSR count). The van der Waals surface area contributed by atoms with Crippen LogP contribution >= 0.6 is 0 Å². The third kappa shape index (κ3) is 2.52. The minimum atomic E-state index is -0.448. The van der Waals surface area contributed by atoms with Crippen molar-refractivity contribution in [1.29, 1.82) is 0 Å². The van der Waals surface area contributed by atoms with E-state index in [9.17, 15) is 4.39 Å². The van der Waals surface area contributed by atoms with E-state index in [1.807, 2.05) is 12.1 Å². The fourth-order valence-corrected chi connectivity index (χ4v) is 2.96. The zero-order valence-corrected chi connectivity index (χ0v) is 10.7. The molecule has 0 amide bonds. The molecule has 1 aromatic rings. The molecule has 17 heavy (non-hydrogen) atoms. The van der Waals surface area contributed by atoms with Crippen LogP contribution in [0.3, 0.4) is 0 Å². The molecule has 2 N–H and O–H groups in total. The molecule has 0 spiro atoms.